The van der Waals surface area contributed by atoms with Gasteiger partial charge in [0.1, 0.15) is 5.60 Å². The van der Waals surface area contributed by atoms with Crippen LogP contribution in [0.2, 0.25) is 0 Å². The summed E-state index contributed by atoms with van der Waals surface area (Å²) in [5.41, 5.74) is 2.29. The molecular weight excluding hydrogens is 779 g/mol. The molecule has 0 spiro atoms. The number of nitrogens with one attached hydrogen (secondary N) is 3. The smallest absolute Gasteiger partial charge is 0.410 e. The Morgan fingerprint density at radius 2 is 0.823 bits per heavy atom. The molecule has 6 saturated heterocycles. The van der Waals surface area contributed by atoms with Crippen molar-refractivity contribution in [2.45, 2.75) is 161 Å². The predicted molar refractivity (Wildman–Crippen MR) is 249 cm³/mol. The van der Waals surface area contributed by atoms with Crippen molar-refractivity contribution in [3.8, 4) is 0 Å². The number of hydrogen-bond donors (Lipinski definition) is 3. The summed E-state index contributed by atoms with van der Waals surface area (Å²) in [7, 11) is 0. The van der Waals surface area contributed by atoms with Crippen molar-refractivity contribution in [1.29, 1.82) is 0 Å². The first kappa shape index (κ1) is 51.9. The number of piperidine rings is 6. The molecule has 6 fully saturated rings. The molecule has 3 N–H and O–H groups in total. The lowest BCUT2D eigenvalue weighted by Crippen LogP contribution is -2.44. The molecule has 14 heteroatoms. The number of aromatic nitrogens is 2. The van der Waals surface area contributed by atoms with E-state index < -0.39 is 5.60 Å². The summed E-state index contributed by atoms with van der Waals surface area (Å²) in [6.07, 6.45) is 23.4. The molecule has 0 aliphatic carbocycles. The molecular formula is C48H82BN8O5. The van der Waals surface area contributed by atoms with Crippen LogP contribution in [0.25, 0.3) is 0 Å². The number of rotatable bonds is 10. The average Bonchev–Trinajstić information content (AvgIpc) is 3.27. The van der Waals surface area contributed by atoms with Gasteiger partial charge in [0.25, 0.3) is 0 Å². The highest BCUT2D eigenvalue weighted by Gasteiger charge is 2.29. The number of amides is 1. The SMILES string of the molecule is C.C1CC(OC2CCNCC2)CCN1.CC(C)(C)OC(=O)N1CCC(OC2CCNCC2)CC1.[B].c1cc(CN2CCC(OC3CCN(Cc4ccncc4)CC3)CC2)ccn1. The summed E-state index contributed by atoms with van der Waals surface area (Å²) >= 11 is 0. The van der Waals surface area contributed by atoms with Crippen molar-refractivity contribution < 1.29 is 23.7 Å². The number of carbonyl (C=O) groups excluding carboxylic acids is 1. The molecule has 0 bridgehead atoms. The molecule has 0 atom stereocenters. The third kappa shape index (κ3) is 19.6. The third-order valence-electron chi connectivity index (χ3n) is 12.5. The Morgan fingerprint density at radius 1 is 0.532 bits per heavy atom. The second-order valence-electron chi connectivity index (χ2n) is 18.6. The maximum Gasteiger partial charge on any atom is 0.410 e. The van der Waals surface area contributed by atoms with E-state index in [4.69, 9.17) is 18.9 Å². The lowest BCUT2D eigenvalue weighted by molar-refractivity contribution is -0.0664. The maximum atomic E-state index is 12.0. The van der Waals surface area contributed by atoms with Crippen LogP contribution in [0.4, 0.5) is 4.79 Å². The molecule has 6 aliphatic heterocycles. The van der Waals surface area contributed by atoms with Gasteiger partial charge in [-0.3, -0.25) is 19.8 Å². The Kier molecular flexibility index (Phi) is 23.7. The fraction of sp³-hybridized carbons (Fsp3) is 0.771. The van der Waals surface area contributed by atoms with E-state index in [9.17, 15) is 4.79 Å². The van der Waals surface area contributed by atoms with E-state index in [1.807, 2.05) is 45.6 Å². The Labute approximate surface area is 377 Å². The number of ether oxygens (including phenoxy) is 4. The second-order valence-corrected chi connectivity index (χ2v) is 18.6. The van der Waals surface area contributed by atoms with E-state index in [0.29, 0.717) is 36.6 Å². The summed E-state index contributed by atoms with van der Waals surface area (Å²) in [5.74, 6) is 0. The Bertz CT molecular complexity index is 1360. The number of hydrogen-bond acceptors (Lipinski definition) is 12. The summed E-state index contributed by atoms with van der Waals surface area (Å²) in [5, 5.41) is 10.1. The normalized spacial score (nSPS) is 22.2. The van der Waals surface area contributed by atoms with Gasteiger partial charge in [-0.05, 0) is 172 Å². The molecule has 62 heavy (non-hydrogen) atoms. The zero-order chi connectivity index (χ0) is 41.8. The van der Waals surface area contributed by atoms with Crippen LogP contribution in [0.1, 0.15) is 116 Å². The molecule has 347 valence electrons. The molecule has 2 aromatic heterocycles. The monoisotopic (exact) mass is 862 g/mol. The summed E-state index contributed by atoms with van der Waals surface area (Å²) < 4.78 is 24.1. The number of likely N-dealkylation sites (tertiary alicyclic amines) is 3. The van der Waals surface area contributed by atoms with Crippen LogP contribution in [0, 0.1) is 0 Å². The first-order valence-electron chi connectivity index (χ1n) is 23.5. The highest BCUT2D eigenvalue weighted by molar-refractivity contribution is 5.75. The van der Waals surface area contributed by atoms with Gasteiger partial charge in [0.15, 0.2) is 0 Å². The summed E-state index contributed by atoms with van der Waals surface area (Å²) in [4.78, 5) is 27.0. The van der Waals surface area contributed by atoms with Gasteiger partial charge >= 0.3 is 6.09 Å². The minimum Gasteiger partial charge on any atom is -0.444 e. The Morgan fingerprint density at radius 3 is 1.13 bits per heavy atom. The third-order valence-corrected chi connectivity index (χ3v) is 12.5. The standard InChI is InChI=1S/C22H30N4O.C15H28N2O3.C10H20N2O.CH4.B/c1-9-23-10-2-19(1)17-25-13-5-21(6-14-25)27-22-7-15-26(16-8-22)18-20-3-11-24-12-4-20;1-15(2,3)20-14(18)17-10-6-13(7-11-17)19-12-4-8-16-9-5-12;1-5-11-6-2-9(1)13-10-3-7-12-8-4-10;;/h1-4,9-12,21-22H,5-8,13-18H2;12-13,16H,4-11H2,1-3H3;9-12H,1-8H2;1H4;. The van der Waals surface area contributed by atoms with Gasteiger partial charge in [-0.25, -0.2) is 4.79 Å². The molecule has 2 aromatic rings. The van der Waals surface area contributed by atoms with Crippen LogP contribution in [0.3, 0.4) is 0 Å². The van der Waals surface area contributed by atoms with Crippen LogP contribution in [0.5, 0.6) is 0 Å². The summed E-state index contributed by atoms with van der Waals surface area (Å²) in [6, 6.07) is 8.45. The van der Waals surface area contributed by atoms with Crippen molar-refractivity contribution in [2.24, 2.45) is 0 Å². The van der Waals surface area contributed by atoms with Gasteiger partial charge in [-0.15, -0.1) is 0 Å². The van der Waals surface area contributed by atoms with E-state index in [2.05, 4.69) is 60.0 Å². The molecule has 3 radical (unpaired) electrons. The maximum absolute atomic E-state index is 12.0. The second kappa shape index (κ2) is 28.3. The molecule has 0 aromatic carbocycles. The zero-order valence-electron chi connectivity index (χ0n) is 37.8. The summed E-state index contributed by atoms with van der Waals surface area (Å²) in [6.45, 7) is 20.4. The molecule has 1 amide bonds. The lowest BCUT2D eigenvalue weighted by Gasteiger charge is -2.37. The van der Waals surface area contributed by atoms with Gasteiger partial charge in [0.2, 0.25) is 0 Å². The first-order chi connectivity index (χ1) is 29.2. The van der Waals surface area contributed by atoms with E-state index in [1.54, 1.807) is 4.90 Å². The van der Waals surface area contributed by atoms with Crippen molar-refractivity contribution in [3.05, 3.63) is 60.2 Å². The van der Waals surface area contributed by atoms with Crippen molar-refractivity contribution in [3.63, 3.8) is 0 Å². The fourth-order valence-electron chi connectivity index (χ4n) is 9.01. The van der Waals surface area contributed by atoms with Gasteiger partial charge in [-0.1, -0.05) is 7.43 Å². The molecule has 8 heterocycles. The average molecular weight is 862 g/mol. The molecule has 0 unspecified atom stereocenters. The minimum atomic E-state index is -0.417. The van der Waals surface area contributed by atoms with Crippen LogP contribution in [0.15, 0.2) is 49.1 Å². The van der Waals surface area contributed by atoms with Crippen LogP contribution in [-0.4, -0.2) is 160 Å². The first-order valence-corrected chi connectivity index (χ1v) is 23.5. The van der Waals surface area contributed by atoms with Crippen LogP contribution in [-0.2, 0) is 32.0 Å². The van der Waals surface area contributed by atoms with Gasteiger partial charge < -0.3 is 39.8 Å². The largest absolute Gasteiger partial charge is 0.444 e. The fourth-order valence-corrected chi connectivity index (χ4v) is 9.01. The van der Waals surface area contributed by atoms with Crippen LogP contribution < -0.4 is 16.0 Å². The van der Waals surface area contributed by atoms with E-state index >= 15 is 0 Å². The lowest BCUT2D eigenvalue weighted by atomic mass is 10.0. The van der Waals surface area contributed by atoms with E-state index in [-0.39, 0.29) is 21.9 Å². The minimum absolute atomic E-state index is 0. The quantitative estimate of drug-likeness (QED) is 0.242. The Hall–Kier alpha value is -2.69. The highest BCUT2D eigenvalue weighted by Crippen LogP contribution is 2.24. The van der Waals surface area contributed by atoms with Crippen molar-refractivity contribution >= 4 is 14.5 Å². The Balaban J connectivity index is 0.000000214. The molecule has 0 saturated carbocycles. The van der Waals surface area contributed by atoms with Crippen LogP contribution >= 0.6 is 0 Å². The predicted octanol–water partition coefficient (Wildman–Crippen LogP) is 6.04. The van der Waals surface area contributed by atoms with Crippen molar-refractivity contribution in [2.75, 3.05) is 78.5 Å². The topological polar surface area (TPSA) is 126 Å². The number of nitrogens with zero attached hydrogens (tertiary/aromatic N) is 5. The number of carbonyl (C=O) groups is 1. The molecule has 8 rings (SSSR count). The van der Waals surface area contributed by atoms with E-state index in [0.717, 1.165) is 143 Å². The van der Waals surface area contributed by atoms with Gasteiger partial charge in [0.05, 0.1) is 36.6 Å². The van der Waals surface area contributed by atoms with Gasteiger partial charge in [0, 0.05) is 85.6 Å². The molecule has 6 aliphatic rings. The van der Waals surface area contributed by atoms with E-state index in [1.165, 1.54) is 36.8 Å². The van der Waals surface area contributed by atoms with Crippen molar-refractivity contribution in [1.82, 2.24) is 40.6 Å². The molecule has 13 nitrogen and oxygen atoms in total. The van der Waals surface area contributed by atoms with Gasteiger partial charge in [-0.2, -0.15) is 0 Å². The highest BCUT2D eigenvalue weighted by atomic mass is 16.6. The zero-order valence-corrected chi connectivity index (χ0v) is 37.8. The number of pyridine rings is 2.